The molecule has 1 aliphatic rings. The van der Waals surface area contributed by atoms with Crippen LogP contribution in [0.15, 0.2) is 66.2 Å². The van der Waals surface area contributed by atoms with Gasteiger partial charge >= 0.3 is 0 Å². The van der Waals surface area contributed by atoms with E-state index in [2.05, 4.69) is 16.7 Å². The minimum atomic E-state index is -0.0484. The van der Waals surface area contributed by atoms with Crippen LogP contribution in [0.2, 0.25) is 0 Å². The molecule has 0 saturated carbocycles. The van der Waals surface area contributed by atoms with Gasteiger partial charge in [-0.1, -0.05) is 48.0 Å². The first kappa shape index (κ1) is 21.6. The van der Waals surface area contributed by atoms with Gasteiger partial charge in [0.15, 0.2) is 0 Å². The second kappa shape index (κ2) is 11.2. The summed E-state index contributed by atoms with van der Waals surface area (Å²) in [5.41, 5.74) is 3.91. The van der Waals surface area contributed by atoms with Crippen LogP contribution in [0.25, 0.3) is 0 Å². The molecule has 0 bridgehead atoms. The Labute approximate surface area is 179 Å². The van der Waals surface area contributed by atoms with Crippen molar-refractivity contribution in [1.29, 1.82) is 0 Å². The Kier molecular flexibility index (Phi) is 8.07. The van der Waals surface area contributed by atoms with Crippen LogP contribution in [0.4, 0.5) is 5.69 Å². The van der Waals surface area contributed by atoms with E-state index in [-0.39, 0.29) is 18.4 Å². The zero-order valence-electron chi connectivity index (χ0n) is 17.7. The molecule has 158 valence electrons. The lowest BCUT2D eigenvalue weighted by Crippen LogP contribution is -2.31. The molecule has 2 aromatic rings. The summed E-state index contributed by atoms with van der Waals surface area (Å²) >= 11 is 0. The average Bonchev–Trinajstić information content (AvgIpc) is 2.79. The number of hydrogen-bond donors (Lipinski definition) is 2. The average molecular weight is 406 g/mol. The van der Waals surface area contributed by atoms with Gasteiger partial charge in [-0.25, -0.2) is 0 Å². The topological polar surface area (TPSA) is 61.4 Å². The molecule has 30 heavy (non-hydrogen) atoms. The van der Waals surface area contributed by atoms with Gasteiger partial charge in [0.1, 0.15) is 0 Å². The van der Waals surface area contributed by atoms with E-state index in [0.29, 0.717) is 18.7 Å². The molecule has 0 unspecified atom stereocenters. The normalized spacial score (nSPS) is 13.3. The summed E-state index contributed by atoms with van der Waals surface area (Å²) in [7, 11) is 1.80. The van der Waals surface area contributed by atoms with Gasteiger partial charge in [0.25, 0.3) is 5.91 Å². The highest BCUT2D eigenvalue weighted by molar-refractivity contribution is 5.95. The molecule has 0 atom stereocenters. The van der Waals surface area contributed by atoms with E-state index in [1.807, 2.05) is 42.5 Å². The molecule has 2 amide bonds. The molecule has 5 heteroatoms. The van der Waals surface area contributed by atoms with Crippen LogP contribution < -0.4 is 10.6 Å². The lowest BCUT2D eigenvalue weighted by molar-refractivity contribution is -0.119. The van der Waals surface area contributed by atoms with Crippen molar-refractivity contribution in [2.45, 2.75) is 38.6 Å². The van der Waals surface area contributed by atoms with E-state index in [0.717, 1.165) is 24.1 Å². The van der Waals surface area contributed by atoms with Gasteiger partial charge in [-0.2, -0.15) is 0 Å². The molecular weight excluding hydrogens is 374 g/mol. The zero-order chi connectivity index (χ0) is 21.2. The number of anilines is 1. The van der Waals surface area contributed by atoms with Crippen molar-refractivity contribution in [2.24, 2.45) is 0 Å². The number of carbonyl (C=O) groups is 2. The summed E-state index contributed by atoms with van der Waals surface area (Å²) in [6, 6.07) is 17.2. The predicted molar refractivity (Wildman–Crippen MR) is 121 cm³/mol. The summed E-state index contributed by atoms with van der Waals surface area (Å²) in [5, 5.41) is 6.09. The van der Waals surface area contributed by atoms with Crippen molar-refractivity contribution >= 4 is 17.5 Å². The lowest BCUT2D eigenvalue weighted by Gasteiger charge is -2.18. The standard InChI is InChI=1S/C25H31N3O2/c1-28(19-21-11-6-3-7-12-21)25(30)22-13-8-14-23(17-22)27-18-24(29)26-16-15-20-9-4-2-5-10-20/h3,6-9,11-14,17,27H,2,4-5,10,15-16,18-19H2,1H3,(H,26,29). The number of rotatable bonds is 9. The molecule has 0 spiro atoms. The van der Waals surface area contributed by atoms with E-state index in [9.17, 15) is 9.59 Å². The molecule has 0 aromatic heterocycles. The highest BCUT2D eigenvalue weighted by Gasteiger charge is 2.13. The second-order valence-corrected chi connectivity index (χ2v) is 7.79. The molecule has 0 saturated heterocycles. The highest BCUT2D eigenvalue weighted by atomic mass is 16.2. The first-order valence-corrected chi connectivity index (χ1v) is 10.7. The molecular formula is C25H31N3O2. The van der Waals surface area contributed by atoms with Gasteiger partial charge in [-0.05, 0) is 55.9 Å². The van der Waals surface area contributed by atoms with Crippen LogP contribution >= 0.6 is 0 Å². The molecule has 1 aliphatic carbocycles. The molecule has 0 heterocycles. The Morgan fingerprint density at radius 2 is 1.87 bits per heavy atom. The number of nitrogens with zero attached hydrogens (tertiary/aromatic N) is 1. The number of allylic oxidation sites excluding steroid dienone is 1. The number of nitrogens with one attached hydrogen (secondary N) is 2. The maximum absolute atomic E-state index is 12.7. The Bertz CT molecular complexity index is 877. The second-order valence-electron chi connectivity index (χ2n) is 7.79. The maximum atomic E-state index is 12.7. The van der Waals surface area contributed by atoms with Crippen LogP contribution in [-0.2, 0) is 11.3 Å². The van der Waals surface area contributed by atoms with E-state index in [1.165, 1.54) is 24.8 Å². The summed E-state index contributed by atoms with van der Waals surface area (Å²) in [5.74, 6) is -0.0861. The Hall–Kier alpha value is -3.08. The van der Waals surface area contributed by atoms with Gasteiger partial charge < -0.3 is 15.5 Å². The molecule has 3 rings (SSSR count). The van der Waals surface area contributed by atoms with Gasteiger partial charge in [0.05, 0.1) is 6.54 Å². The SMILES string of the molecule is CN(Cc1ccccc1)C(=O)c1cccc(NCC(=O)NCCC2=CCCCC2)c1. The van der Waals surface area contributed by atoms with E-state index in [1.54, 1.807) is 24.1 Å². The van der Waals surface area contributed by atoms with Crippen molar-refractivity contribution in [3.05, 3.63) is 77.4 Å². The first-order chi connectivity index (χ1) is 14.6. The number of carbonyl (C=O) groups excluding carboxylic acids is 2. The Balaban J connectivity index is 1.45. The first-order valence-electron chi connectivity index (χ1n) is 10.7. The monoisotopic (exact) mass is 405 g/mol. The molecule has 0 fully saturated rings. The summed E-state index contributed by atoms with van der Waals surface area (Å²) in [6.45, 7) is 1.42. The van der Waals surface area contributed by atoms with Gasteiger partial charge in [-0.15, -0.1) is 0 Å². The minimum Gasteiger partial charge on any atom is -0.376 e. The molecule has 2 aromatic carbocycles. The largest absolute Gasteiger partial charge is 0.376 e. The van der Waals surface area contributed by atoms with Crippen molar-refractivity contribution in [1.82, 2.24) is 10.2 Å². The highest BCUT2D eigenvalue weighted by Crippen LogP contribution is 2.19. The van der Waals surface area contributed by atoms with Crippen molar-refractivity contribution in [3.8, 4) is 0 Å². The molecule has 0 radical (unpaired) electrons. The van der Waals surface area contributed by atoms with E-state index in [4.69, 9.17) is 0 Å². The van der Waals surface area contributed by atoms with Gasteiger partial charge in [0, 0.05) is 31.4 Å². The molecule has 5 nitrogen and oxygen atoms in total. The van der Waals surface area contributed by atoms with Crippen molar-refractivity contribution < 1.29 is 9.59 Å². The third-order valence-electron chi connectivity index (χ3n) is 5.33. The molecule has 0 aliphatic heterocycles. The third kappa shape index (κ3) is 6.76. The summed E-state index contributed by atoms with van der Waals surface area (Å²) in [4.78, 5) is 26.6. The van der Waals surface area contributed by atoms with E-state index >= 15 is 0 Å². The summed E-state index contributed by atoms with van der Waals surface area (Å²) in [6.07, 6.45) is 8.11. The van der Waals surface area contributed by atoms with Crippen LogP contribution in [0.5, 0.6) is 0 Å². The number of benzene rings is 2. The Morgan fingerprint density at radius 1 is 1.03 bits per heavy atom. The van der Waals surface area contributed by atoms with Crippen molar-refractivity contribution in [2.75, 3.05) is 25.5 Å². The number of amides is 2. The Morgan fingerprint density at radius 3 is 2.63 bits per heavy atom. The fourth-order valence-electron chi connectivity index (χ4n) is 3.65. The van der Waals surface area contributed by atoms with E-state index < -0.39 is 0 Å². The van der Waals surface area contributed by atoms with Crippen LogP contribution in [0.3, 0.4) is 0 Å². The van der Waals surface area contributed by atoms with Gasteiger partial charge in [0.2, 0.25) is 5.91 Å². The fraction of sp³-hybridized carbons (Fsp3) is 0.360. The van der Waals surface area contributed by atoms with Crippen LogP contribution in [0.1, 0.15) is 48.0 Å². The fourth-order valence-corrected chi connectivity index (χ4v) is 3.65. The smallest absolute Gasteiger partial charge is 0.253 e. The van der Waals surface area contributed by atoms with Crippen LogP contribution in [0, 0.1) is 0 Å². The minimum absolute atomic E-state index is 0.0377. The van der Waals surface area contributed by atoms with Gasteiger partial charge in [-0.3, -0.25) is 9.59 Å². The number of hydrogen-bond acceptors (Lipinski definition) is 3. The predicted octanol–water partition coefficient (Wildman–Crippen LogP) is 4.38. The lowest BCUT2D eigenvalue weighted by atomic mass is 9.97. The van der Waals surface area contributed by atoms with Crippen LogP contribution in [-0.4, -0.2) is 36.9 Å². The van der Waals surface area contributed by atoms with Crippen molar-refractivity contribution in [3.63, 3.8) is 0 Å². The summed E-state index contributed by atoms with van der Waals surface area (Å²) < 4.78 is 0. The molecule has 2 N–H and O–H groups in total. The third-order valence-corrected chi connectivity index (χ3v) is 5.33. The quantitative estimate of drug-likeness (QED) is 0.609. The zero-order valence-corrected chi connectivity index (χ0v) is 17.7. The maximum Gasteiger partial charge on any atom is 0.253 e.